The molecular weight excluding hydrogens is 390 g/mol. The molecule has 0 radical (unpaired) electrons. The molecule has 0 aliphatic carbocycles. The van der Waals surface area contributed by atoms with Crippen molar-refractivity contribution in [2.75, 3.05) is 58.8 Å². The van der Waals surface area contributed by atoms with Gasteiger partial charge in [0.05, 0.1) is 20.8 Å². The van der Waals surface area contributed by atoms with Crippen LogP contribution in [-0.2, 0) is 9.53 Å². The fourth-order valence-electron chi connectivity index (χ4n) is 3.44. The van der Waals surface area contributed by atoms with Crippen molar-refractivity contribution in [3.8, 4) is 16.9 Å². The Hall–Kier alpha value is -2.42. The number of piperazine rings is 1. The molecule has 0 saturated carbocycles. The van der Waals surface area contributed by atoms with E-state index in [0.717, 1.165) is 43.1 Å². The quantitative estimate of drug-likeness (QED) is 0.551. The summed E-state index contributed by atoms with van der Waals surface area (Å²) in [5, 5.41) is 5.37. The molecule has 1 amide bonds. The molecular formula is C21H29N3O4S+2. The second kappa shape index (κ2) is 9.87. The lowest BCUT2D eigenvalue weighted by molar-refractivity contribution is -0.999. The highest BCUT2D eigenvalue weighted by Gasteiger charge is 2.26. The second-order valence-corrected chi connectivity index (χ2v) is 8.11. The van der Waals surface area contributed by atoms with E-state index in [1.807, 2.05) is 29.6 Å². The maximum absolute atomic E-state index is 12.7. The predicted octanol–water partition coefficient (Wildman–Crippen LogP) is -0.0479. The van der Waals surface area contributed by atoms with Gasteiger partial charge in [0.25, 0.3) is 5.91 Å². The zero-order chi connectivity index (χ0) is 20.8. The van der Waals surface area contributed by atoms with Crippen LogP contribution in [0.4, 0.5) is 5.00 Å². The minimum absolute atomic E-state index is 0.0757. The number of ether oxygens (including phenoxy) is 2. The highest BCUT2D eigenvalue weighted by Crippen LogP contribution is 2.36. The molecule has 3 N–H and O–H groups in total. The van der Waals surface area contributed by atoms with Gasteiger partial charge in [-0.3, -0.25) is 4.79 Å². The lowest BCUT2D eigenvalue weighted by atomic mass is 10.0. The Morgan fingerprint density at radius 2 is 1.83 bits per heavy atom. The Labute approximate surface area is 175 Å². The van der Waals surface area contributed by atoms with Crippen molar-refractivity contribution in [2.45, 2.75) is 6.92 Å². The van der Waals surface area contributed by atoms with E-state index in [-0.39, 0.29) is 12.5 Å². The van der Waals surface area contributed by atoms with Crippen molar-refractivity contribution in [1.29, 1.82) is 0 Å². The molecule has 1 fully saturated rings. The molecule has 7 nitrogen and oxygen atoms in total. The number of rotatable bonds is 7. The molecule has 1 aliphatic heterocycles. The molecule has 3 rings (SSSR count). The molecule has 0 unspecified atom stereocenters. The van der Waals surface area contributed by atoms with E-state index in [4.69, 9.17) is 9.47 Å². The van der Waals surface area contributed by atoms with Crippen LogP contribution in [0.25, 0.3) is 11.1 Å². The van der Waals surface area contributed by atoms with Crippen LogP contribution < -0.4 is 19.9 Å². The second-order valence-electron chi connectivity index (χ2n) is 7.23. The van der Waals surface area contributed by atoms with Crippen molar-refractivity contribution in [1.82, 2.24) is 0 Å². The van der Waals surface area contributed by atoms with Crippen molar-refractivity contribution < 1.29 is 28.9 Å². The maximum Gasteiger partial charge on any atom is 0.341 e. The Morgan fingerprint density at radius 1 is 1.14 bits per heavy atom. The number of amides is 1. The van der Waals surface area contributed by atoms with Crippen LogP contribution in [0, 0.1) is 0 Å². The van der Waals surface area contributed by atoms with E-state index in [0.29, 0.717) is 17.1 Å². The van der Waals surface area contributed by atoms with Crippen molar-refractivity contribution in [2.24, 2.45) is 0 Å². The van der Waals surface area contributed by atoms with Gasteiger partial charge >= 0.3 is 5.97 Å². The lowest BCUT2D eigenvalue weighted by Crippen LogP contribution is -3.27. The Morgan fingerprint density at radius 3 is 2.45 bits per heavy atom. The Bertz CT molecular complexity index is 842. The van der Waals surface area contributed by atoms with E-state index < -0.39 is 5.97 Å². The molecule has 1 aromatic heterocycles. The zero-order valence-corrected chi connectivity index (χ0v) is 18.0. The van der Waals surface area contributed by atoms with Crippen LogP contribution >= 0.6 is 11.3 Å². The first kappa shape index (κ1) is 21.3. The van der Waals surface area contributed by atoms with Gasteiger partial charge in [-0.15, -0.1) is 11.3 Å². The summed E-state index contributed by atoms with van der Waals surface area (Å²) in [6.45, 7) is 6.54. The third kappa shape index (κ3) is 5.35. The molecule has 2 aromatic rings. The Kier molecular flexibility index (Phi) is 7.24. The molecule has 1 aromatic carbocycles. The maximum atomic E-state index is 12.7. The normalized spacial score (nSPS) is 18.9. The van der Waals surface area contributed by atoms with Gasteiger partial charge in [-0.05, 0) is 24.6 Å². The Balaban J connectivity index is 1.79. The van der Waals surface area contributed by atoms with Crippen LogP contribution in [0.1, 0.15) is 17.3 Å². The largest absolute Gasteiger partial charge is 0.497 e. The number of methoxy groups -OCH3 is 1. The number of benzene rings is 1. The average molecular weight is 420 g/mol. The van der Waals surface area contributed by atoms with Crippen molar-refractivity contribution >= 4 is 28.2 Å². The molecule has 0 bridgehead atoms. The van der Waals surface area contributed by atoms with Gasteiger partial charge in [0.15, 0.2) is 6.54 Å². The number of carbonyl (C=O) groups is 2. The predicted molar refractivity (Wildman–Crippen MR) is 113 cm³/mol. The van der Waals surface area contributed by atoms with E-state index in [2.05, 4.69) is 12.4 Å². The van der Waals surface area contributed by atoms with Gasteiger partial charge in [0.2, 0.25) is 0 Å². The summed E-state index contributed by atoms with van der Waals surface area (Å²) in [6.07, 6.45) is 0. The number of anilines is 1. The summed E-state index contributed by atoms with van der Waals surface area (Å²) < 4.78 is 10.5. The summed E-state index contributed by atoms with van der Waals surface area (Å²) in [5.74, 6) is 0.242. The fourth-order valence-corrected chi connectivity index (χ4v) is 4.42. The van der Waals surface area contributed by atoms with Gasteiger partial charge < -0.3 is 24.6 Å². The molecule has 1 saturated heterocycles. The van der Waals surface area contributed by atoms with Crippen molar-refractivity contribution in [3.05, 3.63) is 35.2 Å². The van der Waals surface area contributed by atoms with E-state index in [1.54, 1.807) is 14.0 Å². The summed E-state index contributed by atoms with van der Waals surface area (Å²) >= 11 is 1.35. The molecule has 29 heavy (non-hydrogen) atoms. The first-order valence-electron chi connectivity index (χ1n) is 9.89. The minimum atomic E-state index is -0.426. The highest BCUT2D eigenvalue weighted by atomic mass is 32.1. The zero-order valence-electron chi connectivity index (χ0n) is 17.2. The van der Waals surface area contributed by atoms with Gasteiger partial charge in [0, 0.05) is 10.9 Å². The van der Waals surface area contributed by atoms with Crippen LogP contribution in [0.2, 0.25) is 0 Å². The van der Waals surface area contributed by atoms with Gasteiger partial charge in [-0.1, -0.05) is 12.1 Å². The van der Waals surface area contributed by atoms with Crippen LogP contribution in [0.15, 0.2) is 29.6 Å². The molecule has 0 spiro atoms. The minimum Gasteiger partial charge on any atom is -0.497 e. The smallest absolute Gasteiger partial charge is 0.341 e. The van der Waals surface area contributed by atoms with Gasteiger partial charge in [0.1, 0.15) is 42.5 Å². The molecule has 2 heterocycles. The topological polar surface area (TPSA) is 73.5 Å². The highest BCUT2D eigenvalue weighted by molar-refractivity contribution is 7.15. The SMILES string of the molecule is CCOC(=O)c1c(-c2ccc(OC)cc2)csc1NC(=O)C[NH+]1CC[NH+](C)CC1. The number of thiophene rings is 1. The first-order chi connectivity index (χ1) is 14.0. The lowest BCUT2D eigenvalue weighted by Gasteiger charge is -2.26. The number of hydrogen-bond acceptors (Lipinski definition) is 5. The summed E-state index contributed by atoms with van der Waals surface area (Å²) in [4.78, 5) is 28.1. The number of carbonyl (C=O) groups excluding carboxylic acids is 2. The summed E-state index contributed by atoms with van der Waals surface area (Å²) in [6, 6.07) is 7.48. The number of quaternary nitrogens is 2. The standard InChI is InChI=1S/C21H27N3O4S/c1-4-28-21(26)19-17(15-5-7-16(27-3)8-6-15)14-29-20(19)22-18(25)13-24-11-9-23(2)10-12-24/h5-8,14H,4,9-13H2,1-3H3,(H,22,25)/p+2. The number of hydrogen-bond donors (Lipinski definition) is 3. The van der Waals surface area contributed by atoms with E-state index in [1.165, 1.54) is 21.1 Å². The third-order valence-electron chi connectivity index (χ3n) is 5.15. The molecule has 0 atom stereocenters. The summed E-state index contributed by atoms with van der Waals surface area (Å²) in [7, 11) is 3.79. The van der Waals surface area contributed by atoms with E-state index >= 15 is 0 Å². The monoisotopic (exact) mass is 419 g/mol. The van der Waals surface area contributed by atoms with Gasteiger partial charge in [-0.25, -0.2) is 4.79 Å². The summed E-state index contributed by atoms with van der Waals surface area (Å²) in [5.41, 5.74) is 2.04. The van der Waals surface area contributed by atoms with Crippen LogP contribution in [0.3, 0.4) is 0 Å². The average Bonchev–Trinajstić information content (AvgIpc) is 3.13. The number of esters is 1. The van der Waals surface area contributed by atoms with Crippen LogP contribution in [-0.4, -0.2) is 65.4 Å². The number of nitrogens with one attached hydrogen (secondary N) is 3. The third-order valence-corrected chi connectivity index (χ3v) is 6.04. The molecule has 1 aliphatic rings. The fraction of sp³-hybridized carbons (Fsp3) is 0.429. The molecule has 156 valence electrons. The van der Waals surface area contributed by atoms with Gasteiger partial charge in [-0.2, -0.15) is 0 Å². The molecule has 8 heteroatoms. The van der Waals surface area contributed by atoms with Crippen molar-refractivity contribution in [3.63, 3.8) is 0 Å². The number of likely N-dealkylation sites (N-methyl/N-ethyl adjacent to an activating group) is 1. The van der Waals surface area contributed by atoms with Crippen LogP contribution in [0.5, 0.6) is 5.75 Å². The first-order valence-corrected chi connectivity index (χ1v) is 10.8. The van der Waals surface area contributed by atoms with E-state index in [9.17, 15) is 9.59 Å².